The van der Waals surface area contributed by atoms with Gasteiger partial charge < -0.3 is 10.5 Å². The lowest BCUT2D eigenvalue weighted by molar-refractivity contribution is -0.274. The third-order valence-electron chi connectivity index (χ3n) is 2.66. The molecule has 0 saturated carbocycles. The van der Waals surface area contributed by atoms with E-state index in [0.717, 1.165) is 31.2 Å². The van der Waals surface area contributed by atoms with Gasteiger partial charge in [0.05, 0.1) is 0 Å². The molecule has 1 aromatic rings. The van der Waals surface area contributed by atoms with E-state index < -0.39 is 6.36 Å². The molecule has 0 spiro atoms. The number of alkyl halides is 3. The summed E-state index contributed by atoms with van der Waals surface area (Å²) in [6, 6.07) is 5.62. The molecule has 0 aliphatic carbocycles. The molecule has 1 rings (SSSR count). The Kier molecular flexibility index (Phi) is 5.47. The maximum atomic E-state index is 12.0. The first-order valence-corrected chi connectivity index (χ1v) is 6.03. The zero-order valence-corrected chi connectivity index (χ0v) is 10.3. The predicted molar refractivity (Wildman–Crippen MR) is 64.2 cm³/mol. The Bertz CT molecular complexity index is 348. The maximum absolute atomic E-state index is 12.0. The number of rotatable bonds is 6. The summed E-state index contributed by atoms with van der Waals surface area (Å²) in [5.41, 5.74) is 6.78. The molecule has 0 bridgehead atoms. The Balaban J connectivity index is 2.54. The quantitative estimate of drug-likeness (QED) is 0.780. The van der Waals surface area contributed by atoms with Gasteiger partial charge in [-0.1, -0.05) is 38.3 Å². The molecule has 0 fully saturated rings. The largest absolute Gasteiger partial charge is 0.573 e. The first kappa shape index (κ1) is 14.8. The molecule has 18 heavy (non-hydrogen) atoms. The summed E-state index contributed by atoms with van der Waals surface area (Å²) in [5.74, 6) is -0.216. The van der Waals surface area contributed by atoms with E-state index in [1.165, 1.54) is 12.1 Å². The van der Waals surface area contributed by atoms with Crippen molar-refractivity contribution in [3.63, 3.8) is 0 Å². The molecule has 2 N–H and O–H groups in total. The van der Waals surface area contributed by atoms with Crippen LogP contribution in [0.2, 0.25) is 0 Å². The van der Waals surface area contributed by atoms with E-state index in [4.69, 9.17) is 5.73 Å². The van der Waals surface area contributed by atoms with Gasteiger partial charge >= 0.3 is 6.36 Å². The van der Waals surface area contributed by atoms with Gasteiger partial charge in [0.25, 0.3) is 0 Å². The molecule has 0 aliphatic heterocycles. The van der Waals surface area contributed by atoms with E-state index >= 15 is 0 Å². The van der Waals surface area contributed by atoms with Crippen LogP contribution in [-0.2, 0) is 0 Å². The second-order valence-corrected chi connectivity index (χ2v) is 4.22. The third-order valence-corrected chi connectivity index (χ3v) is 2.66. The Morgan fingerprint density at radius 3 is 2.28 bits per heavy atom. The molecule has 0 aromatic heterocycles. The normalized spacial score (nSPS) is 13.4. The molecule has 0 amide bonds. The highest BCUT2D eigenvalue weighted by atomic mass is 19.4. The van der Waals surface area contributed by atoms with E-state index in [2.05, 4.69) is 11.7 Å². The van der Waals surface area contributed by atoms with Crippen LogP contribution < -0.4 is 10.5 Å². The zero-order chi connectivity index (χ0) is 13.6. The van der Waals surface area contributed by atoms with E-state index in [1.807, 2.05) is 0 Å². The van der Waals surface area contributed by atoms with Gasteiger partial charge in [-0.3, -0.25) is 0 Å². The van der Waals surface area contributed by atoms with Crippen molar-refractivity contribution < 1.29 is 17.9 Å². The van der Waals surface area contributed by atoms with E-state index in [1.54, 1.807) is 12.1 Å². The van der Waals surface area contributed by atoms with Gasteiger partial charge in [-0.2, -0.15) is 0 Å². The summed E-state index contributed by atoms with van der Waals surface area (Å²) in [7, 11) is 0. The van der Waals surface area contributed by atoms with Crippen LogP contribution >= 0.6 is 0 Å². The molecule has 1 atom stereocenters. The Morgan fingerprint density at radius 2 is 1.78 bits per heavy atom. The standard InChI is InChI=1S/C13H18F3NO/c1-2-3-4-5-12(17)10-6-8-11(9-7-10)18-13(14,15)16/h6-9,12H,2-5,17H2,1H3/t12-/m0/s1. The first-order chi connectivity index (χ1) is 8.42. The van der Waals surface area contributed by atoms with Gasteiger partial charge in [0.15, 0.2) is 0 Å². The lowest BCUT2D eigenvalue weighted by atomic mass is 10.0. The number of ether oxygens (including phenoxy) is 1. The van der Waals surface area contributed by atoms with Crippen molar-refractivity contribution in [2.45, 2.75) is 45.0 Å². The lowest BCUT2D eigenvalue weighted by Crippen LogP contribution is -2.17. The number of hydrogen-bond acceptors (Lipinski definition) is 2. The van der Waals surface area contributed by atoms with Crippen LogP contribution in [0.4, 0.5) is 13.2 Å². The number of benzene rings is 1. The summed E-state index contributed by atoms with van der Waals surface area (Å²) in [6.07, 6.45) is -0.551. The summed E-state index contributed by atoms with van der Waals surface area (Å²) in [5, 5.41) is 0. The average molecular weight is 261 g/mol. The second-order valence-electron chi connectivity index (χ2n) is 4.22. The molecule has 0 radical (unpaired) electrons. The fraction of sp³-hybridized carbons (Fsp3) is 0.538. The van der Waals surface area contributed by atoms with Gasteiger partial charge in [0.2, 0.25) is 0 Å². The van der Waals surface area contributed by atoms with Crippen LogP contribution in [0.1, 0.15) is 44.2 Å². The van der Waals surface area contributed by atoms with Crippen molar-refractivity contribution in [1.82, 2.24) is 0 Å². The van der Waals surface area contributed by atoms with Crippen molar-refractivity contribution in [1.29, 1.82) is 0 Å². The van der Waals surface area contributed by atoms with Gasteiger partial charge in [-0.25, -0.2) is 0 Å². The number of halogens is 3. The second kappa shape index (κ2) is 6.64. The minimum atomic E-state index is -4.65. The fourth-order valence-electron chi connectivity index (χ4n) is 1.70. The summed E-state index contributed by atoms with van der Waals surface area (Å²) >= 11 is 0. The molecule has 0 saturated heterocycles. The minimum absolute atomic E-state index is 0.128. The molecular weight excluding hydrogens is 243 g/mol. The number of hydrogen-bond donors (Lipinski definition) is 1. The minimum Gasteiger partial charge on any atom is -0.406 e. The van der Waals surface area contributed by atoms with E-state index in [-0.39, 0.29) is 11.8 Å². The van der Waals surface area contributed by atoms with Crippen molar-refractivity contribution in [2.24, 2.45) is 5.73 Å². The van der Waals surface area contributed by atoms with Crippen molar-refractivity contribution in [2.75, 3.05) is 0 Å². The van der Waals surface area contributed by atoms with Gasteiger partial charge in [-0.15, -0.1) is 13.2 Å². The van der Waals surface area contributed by atoms with Crippen molar-refractivity contribution in [3.8, 4) is 5.75 Å². The van der Waals surface area contributed by atoms with Crippen molar-refractivity contribution >= 4 is 0 Å². The molecule has 0 aliphatic rings. The van der Waals surface area contributed by atoms with Gasteiger partial charge in [0.1, 0.15) is 5.75 Å². The Labute approximate surface area is 105 Å². The molecule has 0 unspecified atom stereocenters. The average Bonchev–Trinajstić information content (AvgIpc) is 2.28. The van der Waals surface area contributed by atoms with Crippen LogP contribution in [0.3, 0.4) is 0 Å². The highest BCUT2D eigenvalue weighted by molar-refractivity contribution is 5.29. The smallest absolute Gasteiger partial charge is 0.406 e. The third kappa shape index (κ3) is 5.40. The van der Waals surface area contributed by atoms with E-state index in [9.17, 15) is 13.2 Å². The topological polar surface area (TPSA) is 35.2 Å². The lowest BCUT2D eigenvalue weighted by Gasteiger charge is -2.13. The van der Waals surface area contributed by atoms with Crippen LogP contribution in [0.5, 0.6) is 5.75 Å². The van der Waals surface area contributed by atoms with E-state index in [0.29, 0.717) is 0 Å². The molecule has 1 aromatic carbocycles. The molecule has 0 heterocycles. The molecule has 5 heteroatoms. The summed E-state index contributed by atoms with van der Waals surface area (Å²) in [4.78, 5) is 0. The van der Waals surface area contributed by atoms with Gasteiger partial charge in [-0.05, 0) is 24.1 Å². The van der Waals surface area contributed by atoms with Crippen LogP contribution in [0, 0.1) is 0 Å². The molecular formula is C13H18F3NO. The monoisotopic (exact) mass is 261 g/mol. The van der Waals surface area contributed by atoms with Gasteiger partial charge in [0, 0.05) is 6.04 Å². The van der Waals surface area contributed by atoms with Crippen LogP contribution in [0.25, 0.3) is 0 Å². The zero-order valence-electron chi connectivity index (χ0n) is 10.3. The summed E-state index contributed by atoms with van der Waals surface area (Å²) in [6.45, 7) is 2.11. The first-order valence-electron chi connectivity index (χ1n) is 6.03. The maximum Gasteiger partial charge on any atom is 0.573 e. The van der Waals surface area contributed by atoms with Crippen LogP contribution in [-0.4, -0.2) is 6.36 Å². The highest BCUT2D eigenvalue weighted by Gasteiger charge is 2.30. The number of nitrogens with two attached hydrogens (primary N) is 1. The Hall–Kier alpha value is -1.23. The van der Waals surface area contributed by atoms with Crippen LogP contribution in [0.15, 0.2) is 24.3 Å². The fourth-order valence-corrected chi connectivity index (χ4v) is 1.70. The molecule has 102 valence electrons. The SMILES string of the molecule is CCCCC[C@H](N)c1ccc(OC(F)(F)F)cc1. The predicted octanol–water partition coefficient (Wildman–Crippen LogP) is 4.17. The number of unbranched alkanes of at least 4 members (excludes halogenated alkanes) is 2. The highest BCUT2D eigenvalue weighted by Crippen LogP contribution is 2.25. The molecule has 2 nitrogen and oxygen atoms in total. The Morgan fingerprint density at radius 1 is 1.17 bits per heavy atom. The van der Waals surface area contributed by atoms with Crippen molar-refractivity contribution in [3.05, 3.63) is 29.8 Å². The summed E-state index contributed by atoms with van der Waals surface area (Å²) < 4.78 is 39.7.